The Bertz CT molecular complexity index is 746. The summed E-state index contributed by atoms with van der Waals surface area (Å²) in [7, 11) is 0. The number of nitrogens with one attached hydrogen (secondary N) is 1. The van der Waals surface area contributed by atoms with E-state index in [0.29, 0.717) is 43.1 Å². The van der Waals surface area contributed by atoms with Crippen LogP contribution in [0.2, 0.25) is 0 Å². The Kier molecular flexibility index (Phi) is 4.97. The zero-order chi connectivity index (χ0) is 17.1. The highest BCUT2D eigenvalue weighted by atomic mass is 32.1. The molecule has 1 aliphatic rings. The fourth-order valence-electron chi connectivity index (χ4n) is 2.58. The van der Waals surface area contributed by atoms with E-state index in [4.69, 9.17) is 4.74 Å². The van der Waals surface area contributed by atoms with Crippen molar-refractivity contribution in [3.63, 3.8) is 0 Å². The zero-order valence-electron chi connectivity index (χ0n) is 13.8. The predicted molar refractivity (Wildman–Crippen MR) is 94.9 cm³/mol. The molecule has 5 nitrogen and oxygen atoms in total. The van der Waals surface area contributed by atoms with Gasteiger partial charge in [0.05, 0.1) is 18.8 Å². The minimum atomic E-state index is -0.121. The second kappa shape index (κ2) is 7.15. The van der Waals surface area contributed by atoms with Crippen molar-refractivity contribution in [1.82, 2.24) is 4.90 Å². The normalized spacial score (nSPS) is 14.5. The Morgan fingerprint density at radius 3 is 2.38 bits per heavy atom. The number of aryl methyl sites for hydroxylation is 1. The van der Waals surface area contributed by atoms with E-state index >= 15 is 0 Å². The van der Waals surface area contributed by atoms with Crippen LogP contribution in [0, 0.1) is 13.8 Å². The van der Waals surface area contributed by atoms with E-state index in [9.17, 15) is 9.59 Å². The highest BCUT2D eigenvalue weighted by Gasteiger charge is 2.18. The molecule has 0 saturated carbocycles. The summed E-state index contributed by atoms with van der Waals surface area (Å²) in [5.74, 6) is -0.121. The number of benzene rings is 1. The third kappa shape index (κ3) is 3.49. The number of hydrogen-bond acceptors (Lipinski definition) is 4. The lowest BCUT2D eigenvalue weighted by Gasteiger charge is -2.26. The molecule has 3 rings (SSSR count). The summed E-state index contributed by atoms with van der Waals surface area (Å²) in [6.45, 7) is 6.36. The van der Waals surface area contributed by atoms with E-state index in [0.717, 1.165) is 10.4 Å². The van der Waals surface area contributed by atoms with Crippen LogP contribution in [0.1, 0.15) is 31.2 Å². The average Bonchev–Trinajstić information content (AvgIpc) is 2.95. The van der Waals surface area contributed by atoms with E-state index < -0.39 is 0 Å². The van der Waals surface area contributed by atoms with E-state index in [1.54, 1.807) is 40.5 Å². The molecule has 1 N–H and O–H groups in total. The minimum absolute atomic E-state index is 0.000445. The van der Waals surface area contributed by atoms with Crippen LogP contribution in [0.4, 0.5) is 5.69 Å². The molecule has 0 aliphatic carbocycles. The lowest BCUT2D eigenvalue weighted by molar-refractivity contribution is 0.0303. The van der Waals surface area contributed by atoms with Crippen LogP contribution < -0.4 is 5.32 Å². The van der Waals surface area contributed by atoms with Gasteiger partial charge < -0.3 is 15.0 Å². The van der Waals surface area contributed by atoms with Crippen LogP contribution in [-0.2, 0) is 4.74 Å². The Labute approximate surface area is 145 Å². The van der Waals surface area contributed by atoms with Gasteiger partial charge in [-0.2, -0.15) is 0 Å². The molecule has 0 bridgehead atoms. The first kappa shape index (κ1) is 16.7. The summed E-state index contributed by atoms with van der Waals surface area (Å²) >= 11 is 1.57. The lowest BCUT2D eigenvalue weighted by atomic mass is 10.1. The van der Waals surface area contributed by atoms with Crippen molar-refractivity contribution >= 4 is 28.8 Å². The number of morpholine rings is 1. The molecule has 0 spiro atoms. The van der Waals surface area contributed by atoms with Crippen molar-refractivity contribution in [3.8, 4) is 0 Å². The van der Waals surface area contributed by atoms with Crippen LogP contribution in [0.15, 0.2) is 29.6 Å². The van der Waals surface area contributed by atoms with Gasteiger partial charge in [0.25, 0.3) is 11.8 Å². The number of hydrogen-bond donors (Lipinski definition) is 1. The maximum absolute atomic E-state index is 12.4. The SMILES string of the molecule is Cc1scc(C(=O)Nc2ccc(C(=O)N3CCOCC3)cc2)c1C. The minimum Gasteiger partial charge on any atom is -0.378 e. The second-order valence-corrected chi connectivity index (χ2v) is 6.85. The molecule has 1 aliphatic heterocycles. The van der Waals surface area contributed by atoms with Gasteiger partial charge in [-0.15, -0.1) is 11.3 Å². The summed E-state index contributed by atoms with van der Waals surface area (Å²) in [5, 5.41) is 4.75. The van der Waals surface area contributed by atoms with Crippen LogP contribution in [0.25, 0.3) is 0 Å². The van der Waals surface area contributed by atoms with Crippen molar-refractivity contribution < 1.29 is 14.3 Å². The van der Waals surface area contributed by atoms with Crippen molar-refractivity contribution in [3.05, 3.63) is 51.2 Å². The first-order chi connectivity index (χ1) is 11.6. The number of rotatable bonds is 3. The summed E-state index contributed by atoms with van der Waals surface area (Å²) in [6, 6.07) is 7.03. The molecule has 2 aromatic rings. The Morgan fingerprint density at radius 1 is 1.12 bits per heavy atom. The molecule has 0 radical (unpaired) electrons. The number of carbonyl (C=O) groups is 2. The lowest BCUT2D eigenvalue weighted by Crippen LogP contribution is -2.40. The van der Waals surface area contributed by atoms with Gasteiger partial charge in [-0.3, -0.25) is 9.59 Å². The summed E-state index contributed by atoms with van der Waals surface area (Å²) in [6.07, 6.45) is 0. The van der Waals surface area contributed by atoms with Crippen molar-refractivity contribution in [2.45, 2.75) is 13.8 Å². The molecule has 2 amide bonds. The van der Waals surface area contributed by atoms with E-state index in [1.807, 2.05) is 19.2 Å². The summed E-state index contributed by atoms with van der Waals surface area (Å²) in [5.41, 5.74) is 3.02. The smallest absolute Gasteiger partial charge is 0.256 e. The van der Waals surface area contributed by atoms with Crippen molar-refractivity contribution in [2.24, 2.45) is 0 Å². The molecular weight excluding hydrogens is 324 g/mol. The molecule has 24 heavy (non-hydrogen) atoms. The molecule has 1 aromatic carbocycles. The van der Waals surface area contributed by atoms with Gasteiger partial charge >= 0.3 is 0 Å². The van der Waals surface area contributed by atoms with Crippen LogP contribution >= 0.6 is 11.3 Å². The van der Waals surface area contributed by atoms with Gasteiger partial charge in [0.1, 0.15) is 0 Å². The van der Waals surface area contributed by atoms with Crippen LogP contribution in [0.3, 0.4) is 0 Å². The number of ether oxygens (including phenoxy) is 1. The molecule has 1 fully saturated rings. The van der Waals surface area contributed by atoms with Crippen LogP contribution in [-0.4, -0.2) is 43.0 Å². The fraction of sp³-hybridized carbons (Fsp3) is 0.333. The van der Waals surface area contributed by atoms with E-state index in [-0.39, 0.29) is 11.8 Å². The van der Waals surface area contributed by atoms with E-state index in [2.05, 4.69) is 5.32 Å². The second-order valence-electron chi connectivity index (χ2n) is 5.77. The number of thiophene rings is 1. The third-order valence-electron chi connectivity index (χ3n) is 4.22. The first-order valence-corrected chi connectivity index (χ1v) is 8.77. The van der Waals surface area contributed by atoms with Gasteiger partial charge in [-0.25, -0.2) is 0 Å². The molecular formula is C18H20N2O3S. The monoisotopic (exact) mass is 344 g/mol. The fourth-order valence-corrected chi connectivity index (χ4v) is 3.45. The Hall–Kier alpha value is -2.18. The average molecular weight is 344 g/mol. The molecule has 0 atom stereocenters. The largest absolute Gasteiger partial charge is 0.378 e. The van der Waals surface area contributed by atoms with Crippen LogP contribution in [0.5, 0.6) is 0 Å². The number of nitrogens with zero attached hydrogens (tertiary/aromatic N) is 1. The van der Waals surface area contributed by atoms with E-state index in [1.165, 1.54) is 0 Å². The highest BCUT2D eigenvalue weighted by Crippen LogP contribution is 2.22. The van der Waals surface area contributed by atoms with Crippen molar-refractivity contribution in [2.75, 3.05) is 31.6 Å². The summed E-state index contributed by atoms with van der Waals surface area (Å²) < 4.78 is 5.26. The number of anilines is 1. The number of carbonyl (C=O) groups excluding carboxylic acids is 2. The quantitative estimate of drug-likeness (QED) is 0.931. The topological polar surface area (TPSA) is 58.6 Å². The molecule has 1 saturated heterocycles. The molecule has 6 heteroatoms. The molecule has 1 aromatic heterocycles. The van der Waals surface area contributed by atoms with Gasteiger partial charge in [0.15, 0.2) is 0 Å². The summed E-state index contributed by atoms with van der Waals surface area (Å²) in [4.78, 5) is 27.6. The maximum Gasteiger partial charge on any atom is 0.256 e. The Balaban J connectivity index is 1.67. The highest BCUT2D eigenvalue weighted by molar-refractivity contribution is 7.10. The van der Waals surface area contributed by atoms with Gasteiger partial charge in [0, 0.05) is 34.6 Å². The molecule has 2 heterocycles. The molecule has 0 unspecified atom stereocenters. The standard InChI is InChI=1S/C18H20N2O3S/c1-12-13(2)24-11-16(12)17(21)19-15-5-3-14(4-6-15)18(22)20-7-9-23-10-8-20/h3-6,11H,7-10H2,1-2H3,(H,19,21). The zero-order valence-corrected chi connectivity index (χ0v) is 14.6. The predicted octanol–water partition coefficient (Wildman–Crippen LogP) is 3.09. The first-order valence-electron chi connectivity index (χ1n) is 7.89. The van der Waals surface area contributed by atoms with Gasteiger partial charge in [-0.05, 0) is 43.7 Å². The number of amides is 2. The Morgan fingerprint density at radius 2 is 1.79 bits per heavy atom. The third-order valence-corrected chi connectivity index (χ3v) is 5.23. The maximum atomic E-state index is 12.4. The van der Waals surface area contributed by atoms with Gasteiger partial charge in [-0.1, -0.05) is 0 Å². The molecule has 126 valence electrons. The van der Waals surface area contributed by atoms with Gasteiger partial charge in [0.2, 0.25) is 0 Å². The van der Waals surface area contributed by atoms with Crippen molar-refractivity contribution in [1.29, 1.82) is 0 Å².